The maximum atomic E-state index is 12.9. The lowest BCUT2D eigenvalue weighted by molar-refractivity contribution is 0.0879. The van der Waals surface area contributed by atoms with Gasteiger partial charge in [0, 0.05) is 59.5 Å². The SMILES string of the molecule is CCCOCCN1CCN(S(=O)(=O)N2CCCC(COC)C2)CC1. The predicted molar refractivity (Wildman–Crippen MR) is 94.2 cm³/mol. The summed E-state index contributed by atoms with van der Waals surface area (Å²) in [4.78, 5) is 2.28. The largest absolute Gasteiger partial charge is 0.384 e. The van der Waals surface area contributed by atoms with Crippen LogP contribution < -0.4 is 0 Å². The van der Waals surface area contributed by atoms with Crippen molar-refractivity contribution >= 4 is 10.2 Å². The number of rotatable bonds is 9. The van der Waals surface area contributed by atoms with Gasteiger partial charge < -0.3 is 9.47 Å². The molecule has 2 rings (SSSR count). The van der Waals surface area contributed by atoms with Crippen LogP contribution in [0.25, 0.3) is 0 Å². The van der Waals surface area contributed by atoms with Crippen LogP contribution in [0.15, 0.2) is 0 Å². The van der Waals surface area contributed by atoms with Gasteiger partial charge in [-0.1, -0.05) is 6.92 Å². The molecule has 0 N–H and O–H groups in total. The van der Waals surface area contributed by atoms with Crippen LogP contribution in [-0.2, 0) is 19.7 Å². The molecule has 0 spiro atoms. The average Bonchev–Trinajstić information content (AvgIpc) is 2.60. The molecular weight excluding hydrogens is 330 g/mol. The van der Waals surface area contributed by atoms with Crippen molar-refractivity contribution in [3.8, 4) is 0 Å². The van der Waals surface area contributed by atoms with Crippen molar-refractivity contribution in [1.82, 2.24) is 13.5 Å². The molecule has 2 saturated heterocycles. The minimum atomic E-state index is -3.34. The summed E-state index contributed by atoms with van der Waals surface area (Å²) in [6, 6.07) is 0. The number of methoxy groups -OCH3 is 1. The second kappa shape index (κ2) is 10.0. The zero-order valence-corrected chi connectivity index (χ0v) is 16.0. The summed E-state index contributed by atoms with van der Waals surface area (Å²) in [6.07, 6.45) is 3.00. The van der Waals surface area contributed by atoms with E-state index in [9.17, 15) is 8.42 Å². The minimum Gasteiger partial charge on any atom is -0.384 e. The van der Waals surface area contributed by atoms with E-state index >= 15 is 0 Å². The molecule has 0 aliphatic carbocycles. The Morgan fingerprint density at radius 3 is 2.46 bits per heavy atom. The van der Waals surface area contributed by atoms with Crippen molar-refractivity contribution in [2.75, 3.05) is 72.7 Å². The quantitative estimate of drug-likeness (QED) is 0.563. The Labute approximate surface area is 147 Å². The molecule has 0 radical (unpaired) electrons. The highest BCUT2D eigenvalue weighted by molar-refractivity contribution is 7.86. The smallest absolute Gasteiger partial charge is 0.282 e. The maximum Gasteiger partial charge on any atom is 0.282 e. The molecule has 8 heteroatoms. The number of hydrogen-bond donors (Lipinski definition) is 0. The lowest BCUT2D eigenvalue weighted by Crippen LogP contribution is -2.55. The van der Waals surface area contributed by atoms with E-state index in [1.165, 1.54) is 0 Å². The van der Waals surface area contributed by atoms with Gasteiger partial charge in [-0.2, -0.15) is 17.0 Å². The number of ether oxygens (including phenoxy) is 2. The van der Waals surface area contributed by atoms with Gasteiger partial charge >= 0.3 is 0 Å². The molecule has 2 aliphatic heterocycles. The van der Waals surface area contributed by atoms with Crippen LogP contribution in [-0.4, -0.2) is 94.7 Å². The normalized spacial score (nSPS) is 25.2. The van der Waals surface area contributed by atoms with Gasteiger partial charge in [0.05, 0.1) is 13.2 Å². The molecule has 0 amide bonds. The van der Waals surface area contributed by atoms with Gasteiger partial charge in [-0.05, 0) is 25.2 Å². The van der Waals surface area contributed by atoms with Crippen LogP contribution in [0, 0.1) is 5.92 Å². The van der Waals surface area contributed by atoms with E-state index in [0.29, 0.717) is 38.7 Å². The number of piperazine rings is 1. The van der Waals surface area contributed by atoms with E-state index in [1.54, 1.807) is 15.7 Å². The van der Waals surface area contributed by atoms with E-state index in [0.717, 1.165) is 52.1 Å². The first-order valence-electron chi connectivity index (χ1n) is 9.12. The second-order valence-electron chi connectivity index (χ2n) is 6.68. The third-order valence-corrected chi connectivity index (χ3v) is 6.77. The zero-order chi connectivity index (χ0) is 17.4. The van der Waals surface area contributed by atoms with E-state index in [-0.39, 0.29) is 0 Å². The number of nitrogens with zero attached hydrogens (tertiary/aromatic N) is 3. The molecule has 0 aromatic rings. The first-order valence-corrected chi connectivity index (χ1v) is 10.5. The molecule has 24 heavy (non-hydrogen) atoms. The third kappa shape index (κ3) is 5.64. The molecule has 0 aromatic carbocycles. The summed E-state index contributed by atoms with van der Waals surface area (Å²) >= 11 is 0. The van der Waals surface area contributed by atoms with Crippen LogP contribution >= 0.6 is 0 Å². The average molecular weight is 364 g/mol. The minimum absolute atomic E-state index is 0.315. The van der Waals surface area contributed by atoms with Gasteiger partial charge in [-0.15, -0.1) is 0 Å². The van der Waals surface area contributed by atoms with E-state index in [2.05, 4.69) is 11.8 Å². The summed E-state index contributed by atoms with van der Waals surface area (Å²) < 4.78 is 39.7. The van der Waals surface area contributed by atoms with Crippen LogP contribution in [0.2, 0.25) is 0 Å². The molecule has 0 saturated carbocycles. The lowest BCUT2D eigenvalue weighted by Gasteiger charge is -2.39. The Morgan fingerprint density at radius 1 is 1.04 bits per heavy atom. The van der Waals surface area contributed by atoms with Crippen LogP contribution in [0.3, 0.4) is 0 Å². The van der Waals surface area contributed by atoms with Crippen LogP contribution in [0.4, 0.5) is 0 Å². The van der Waals surface area contributed by atoms with Crippen LogP contribution in [0.5, 0.6) is 0 Å². The van der Waals surface area contributed by atoms with Gasteiger partial charge in [0.15, 0.2) is 0 Å². The molecule has 2 heterocycles. The van der Waals surface area contributed by atoms with Gasteiger partial charge in [-0.3, -0.25) is 4.90 Å². The molecule has 0 bridgehead atoms. The molecule has 1 atom stereocenters. The van der Waals surface area contributed by atoms with Crippen molar-refractivity contribution in [2.24, 2.45) is 5.92 Å². The van der Waals surface area contributed by atoms with E-state index in [1.807, 2.05) is 0 Å². The molecule has 0 aromatic heterocycles. The molecule has 7 nitrogen and oxygen atoms in total. The second-order valence-corrected chi connectivity index (χ2v) is 8.61. The lowest BCUT2D eigenvalue weighted by atomic mass is 10.0. The van der Waals surface area contributed by atoms with Crippen molar-refractivity contribution in [2.45, 2.75) is 26.2 Å². The highest BCUT2D eigenvalue weighted by atomic mass is 32.2. The fraction of sp³-hybridized carbons (Fsp3) is 1.00. The number of piperidine rings is 1. The summed E-state index contributed by atoms with van der Waals surface area (Å²) in [7, 11) is -1.66. The number of hydrogen-bond acceptors (Lipinski definition) is 5. The Morgan fingerprint density at radius 2 is 1.79 bits per heavy atom. The predicted octanol–water partition coefficient (Wildman–Crippen LogP) is 0.634. The first kappa shape index (κ1) is 20.1. The van der Waals surface area contributed by atoms with Gasteiger partial charge in [0.2, 0.25) is 0 Å². The van der Waals surface area contributed by atoms with Gasteiger partial charge in [0.1, 0.15) is 0 Å². The fourth-order valence-electron chi connectivity index (χ4n) is 3.40. The highest BCUT2D eigenvalue weighted by Crippen LogP contribution is 2.22. The first-order chi connectivity index (χ1) is 11.6. The zero-order valence-electron chi connectivity index (χ0n) is 15.2. The summed E-state index contributed by atoms with van der Waals surface area (Å²) in [6.45, 7) is 9.07. The summed E-state index contributed by atoms with van der Waals surface area (Å²) in [5.41, 5.74) is 0. The summed E-state index contributed by atoms with van der Waals surface area (Å²) in [5.74, 6) is 0.315. The molecule has 2 fully saturated rings. The Hall–Kier alpha value is -0.250. The van der Waals surface area contributed by atoms with E-state index in [4.69, 9.17) is 9.47 Å². The molecular formula is C16H33N3O4S. The van der Waals surface area contributed by atoms with Crippen molar-refractivity contribution < 1.29 is 17.9 Å². The molecule has 142 valence electrons. The van der Waals surface area contributed by atoms with E-state index < -0.39 is 10.2 Å². The Bertz CT molecular complexity index is 450. The topological polar surface area (TPSA) is 62.3 Å². The standard InChI is InChI=1S/C16H33N3O4S/c1-3-12-23-13-11-17-7-9-18(10-8-17)24(20,21)19-6-4-5-16(14-19)15-22-2/h16H,3-15H2,1-2H3. The van der Waals surface area contributed by atoms with Gasteiger partial charge in [0.25, 0.3) is 10.2 Å². The fourth-order valence-corrected chi connectivity index (χ4v) is 5.11. The van der Waals surface area contributed by atoms with Crippen LogP contribution in [0.1, 0.15) is 26.2 Å². The molecule has 1 unspecified atom stereocenters. The Balaban J connectivity index is 1.79. The monoisotopic (exact) mass is 363 g/mol. The highest BCUT2D eigenvalue weighted by Gasteiger charge is 2.35. The maximum absolute atomic E-state index is 12.9. The van der Waals surface area contributed by atoms with Crippen molar-refractivity contribution in [1.29, 1.82) is 0 Å². The molecule has 2 aliphatic rings. The van der Waals surface area contributed by atoms with Gasteiger partial charge in [-0.25, -0.2) is 0 Å². The third-order valence-electron chi connectivity index (χ3n) is 4.77. The van der Waals surface area contributed by atoms with Crippen molar-refractivity contribution in [3.63, 3.8) is 0 Å². The Kier molecular flexibility index (Phi) is 8.39. The van der Waals surface area contributed by atoms with Crippen molar-refractivity contribution in [3.05, 3.63) is 0 Å². The summed E-state index contributed by atoms with van der Waals surface area (Å²) in [5, 5.41) is 0.